The van der Waals surface area contributed by atoms with Crippen LogP contribution in [0, 0.1) is 6.92 Å². The maximum Gasteiger partial charge on any atom is 0.290 e. The third kappa shape index (κ3) is 3.76. The summed E-state index contributed by atoms with van der Waals surface area (Å²) in [6.07, 6.45) is 4.94. The maximum absolute atomic E-state index is 13.0. The Balaban J connectivity index is 1.34. The van der Waals surface area contributed by atoms with Crippen LogP contribution in [0.5, 0.6) is 0 Å². The molecule has 2 aliphatic rings. The quantitative estimate of drug-likeness (QED) is 0.671. The molecular formula is C22H24N4O5. The molecule has 4 heterocycles. The van der Waals surface area contributed by atoms with Crippen molar-refractivity contribution in [2.75, 3.05) is 26.3 Å². The molecule has 9 nitrogen and oxygen atoms in total. The second kappa shape index (κ2) is 8.07. The van der Waals surface area contributed by atoms with Crippen LogP contribution in [0.25, 0.3) is 11.3 Å². The summed E-state index contributed by atoms with van der Waals surface area (Å²) in [7, 11) is 0. The molecule has 162 valence electrons. The number of aryl methyl sites for hydroxylation is 2. The second-order valence-electron chi connectivity index (χ2n) is 7.82. The number of rotatable bonds is 5. The third-order valence-corrected chi connectivity index (χ3v) is 5.75. The summed E-state index contributed by atoms with van der Waals surface area (Å²) < 4.78 is 18.2. The van der Waals surface area contributed by atoms with Crippen molar-refractivity contribution in [3.63, 3.8) is 0 Å². The van der Waals surface area contributed by atoms with Crippen LogP contribution >= 0.6 is 0 Å². The molecule has 9 heteroatoms. The molecule has 0 aromatic carbocycles. The summed E-state index contributed by atoms with van der Waals surface area (Å²) in [6, 6.07) is 3.60. The van der Waals surface area contributed by atoms with Gasteiger partial charge in [0.25, 0.3) is 5.91 Å². The highest BCUT2D eigenvalue weighted by atomic mass is 16.5. The summed E-state index contributed by atoms with van der Waals surface area (Å²) in [5, 5.41) is 7.48. The topological polar surface area (TPSA) is 103 Å². The molecule has 1 fully saturated rings. The highest BCUT2D eigenvalue weighted by Crippen LogP contribution is 2.38. The second-order valence-corrected chi connectivity index (χ2v) is 7.82. The van der Waals surface area contributed by atoms with E-state index in [4.69, 9.17) is 13.6 Å². The first-order valence-electron chi connectivity index (χ1n) is 10.4. The van der Waals surface area contributed by atoms with Crippen LogP contribution in [-0.2, 0) is 35.5 Å². The molecule has 0 saturated carbocycles. The molecule has 31 heavy (non-hydrogen) atoms. The smallest absolute Gasteiger partial charge is 0.290 e. The minimum atomic E-state index is -0.149. The van der Waals surface area contributed by atoms with Gasteiger partial charge in [-0.1, -0.05) is 0 Å². The number of hydrogen-bond acceptors (Lipinski definition) is 6. The first kappa shape index (κ1) is 19.6. The summed E-state index contributed by atoms with van der Waals surface area (Å²) in [5.41, 5.74) is 3.54. The van der Waals surface area contributed by atoms with Gasteiger partial charge in [-0.25, -0.2) is 0 Å². The number of fused-ring (bicyclic) bond motifs is 3. The Morgan fingerprint density at radius 2 is 2.06 bits per heavy atom. The van der Waals surface area contributed by atoms with Gasteiger partial charge < -0.3 is 23.8 Å². The lowest BCUT2D eigenvalue weighted by molar-refractivity contribution is -0.122. The highest BCUT2D eigenvalue weighted by Gasteiger charge is 2.32. The lowest BCUT2D eigenvalue weighted by Gasteiger charge is -2.26. The molecule has 1 saturated heterocycles. The van der Waals surface area contributed by atoms with Gasteiger partial charge in [-0.05, 0) is 31.0 Å². The summed E-state index contributed by atoms with van der Waals surface area (Å²) in [5.74, 6) is 1.61. The van der Waals surface area contributed by atoms with E-state index >= 15 is 0 Å². The fourth-order valence-electron chi connectivity index (χ4n) is 4.16. The van der Waals surface area contributed by atoms with Crippen molar-refractivity contribution in [3.05, 3.63) is 53.0 Å². The monoisotopic (exact) mass is 424 g/mol. The van der Waals surface area contributed by atoms with E-state index in [0.29, 0.717) is 50.8 Å². The van der Waals surface area contributed by atoms with Gasteiger partial charge >= 0.3 is 0 Å². The number of carbonyl (C=O) groups is 2. The number of morpholine rings is 1. The Labute approximate surface area is 178 Å². The lowest BCUT2D eigenvalue weighted by Crippen LogP contribution is -2.40. The van der Waals surface area contributed by atoms with Crippen molar-refractivity contribution in [2.45, 2.75) is 32.9 Å². The average molecular weight is 424 g/mol. The van der Waals surface area contributed by atoms with Crippen LogP contribution < -0.4 is 5.32 Å². The summed E-state index contributed by atoms with van der Waals surface area (Å²) in [6.45, 7) is 4.57. The van der Waals surface area contributed by atoms with Crippen LogP contribution in [-0.4, -0.2) is 52.8 Å². The van der Waals surface area contributed by atoms with E-state index < -0.39 is 0 Å². The SMILES string of the molecule is Cc1c(C(=O)N2CCOCC2)oc2c1-c1nn(CC(=O)NCc3ccco3)cc1CC2. The van der Waals surface area contributed by atoms with Gasteiger partial charge in [0.1, 0.15) is 18.1 Å². The predicted octanol–water partition coefficient (Wildman–Crippen LogP) is 1.93. The fraction of sp³-hybridized carbons (Fsp3) is 0.409. The van der Waals surface area contributed by atoms with Crippen LogP contribution in [0.3, 0.4) is 0 Å². The van der Waals surface area contributed by atoms with E-state index in [-0.39, 0.29) is 18.4 Å². The van der Waals surface area contributed by atoms with E-state index in [9.17, 15) is 9.59 Å². The molecule has 0 bridgehead atoms. The molecule has 5 rings (SSSR count). The van der Waals surface area contributed by atoms with Gasteiger partial charge in [-0.15, -0.1) is 0 Å². The number of furan rings is 2. The van der Waals surface area contributed by atoms with E-state index in [1.54, 1.807) is 21.9 Å². The molecule has 2 amide bonds. The van der Waals surface area contributed by atoms with Gasteiger partial charge in [0, 0.05) is 36.8 Å². The minimum Gasteiger partial charge on any atom is -0.467 e. The minimum absolute atomic E-state index is 0.103. The average Bonchev–Trinajstić information content (AvgIpc) is 3.51. The Morgan fingerprint density at radius 3 is 2.84 bits per heavy atom. The Hall–Kier alpha value is -3.33. The van der Waals surface area contributed by atoms with Gasteiger partial charge in [0.15, 0.2) is 5.76 Å². The number of amides is 2. The lowest BCUT2D eigenvalue weighted by atomic mass is 9.93. The largest absolute Gasteiger partial charge is 0.467 e. The molecular weight excluding hydrogens is 400 g/mol. The standard InChI is InChI=1S/C22H24N4O5/c1-14-19-17(31-21(14)22(28)25-6-9-29-10-7-25)5-4-15-12-26(24-20(15)19)13-18(27)23-11-16-3-2-8-30-16/h2-3,8,12H,4-7,9-11,13H2,1H3,(H,23,27). The van der Waals surface area contributed by atoms with Gasteiger partial charge in [-0.3, -0.25) is 14.3 Å². The van der Waals surface area contributed by atoms with Crippen molar-refractivity contribution < 1.29 is 23.2 Å². The van der Waals surface area contributed by atoms with Crippen LogP contribution in [0.2, 0.25) is 0 Å². The molecule has 3 aromatic heterocycles. The Bertz CT molecular complexity index is 1110. The molecule has 1 aliphatic heterocycles. The first-order valence-corrected chi connectivity index (χ1v) is 10.4. The van der Waals surface area contributed by atoms with Crippen molar-refractivity contribution in [1.82, 2.24) is 20.0 Å². The number of ether oxygens (including phenoxy) is 1. The molecule has 0 spiro atoms. The van der Waals surface area contributed by atoms with Gasteiger partial charge in [0.05, 0.1) is 31.7 Å². The van der Waals surface area contributed by atoms with E-state index in [0.717, 1.165) is 34.6 Å². The normalized spacial score (nSPS) is 15.5. The number of nitrogens with zero attached hydrogens (tertiary/aromatic N) is 3. The number of hydrogen-bond donors (Lipinski definition) is 1. The van der Waals surface area contributed by atoms with Gasteiger partial charge in [-0.2, -0.15) is 5.10 Å². The van der Waals surface area contributed by atoms with Crippen molar-refractivity contribution in [2.24, 2.45) is 0 Å². The Morgan fingerprint density at radius 1 is 1.23 bits per heavy atom. The summed E-state index contributed by atoms with van der Waals surface area (Å²) >= 11 is 0. The number of aromatic nitrogens is 2. The molecule has 0 unspecified atom stereocenters. The van der Waals surface area contributed by atoms with Crippen LogP contribution in [0.4, 0.5) is 0 Å². The van der Waals surface area contributed by atoms with Crippen LogP contribution in [0.1, 0.15) is 33.2 Å². The van der Waals surface area contributed by atoms with Gasteiger partial charge in [0.2, 0.25) is 5.91 Å². The molecule has 1 aliphatic carbocycles. The molecule has 0 radical (unpaired) electrons. The number of nitrogens with one attached hydrogen (secondary N) is 1. The fourth-order valence-corrected chi connectivity index (χ4v) is 4.16. The molecule has 0 atom stereocenters. The van der Waals surface area contributed by atoms with Crippen LogP contribution in [0.15, 0.2) is 33.4 Å². The van der Waals surface area contributed by atoms with Crippen molar-refractivity contribution in [1.29, 1.82) is 0 Å². The van der Waals surface area contributed by atoms with E-state index in [1.165, 1.54) is 0 Å². The van der Waals surface area contributed by atoms with Crippen molar-refractivity contribution >= 4 is 11.8 Å². The molecule has 1 N–H and O–H groups in total. The zero-order valence-electron chi connectivity index (χ0n) is 17.3. The number of carbonyl (C=O) groups excluding carboxylic acids is 2. The highest BCUT2D eigenvalue weighted by molar-refractivity contribution is 5.95. The van der Waals surface area contributed by atoms with Crippen molar-refractivity contribution in [3.8, 4) is 11.3 Å². The van der Waals surface area contributed by atoms with E-state index in [1.807, 2.05) is 19.2 Å². The van der Waals surface area contributed by atoms with E-state index in [2.05, 4.69) is 10.4 Å². The zero-order valence-corrected chi connectivity index (χ0v) is 17.3. The zero-order chi connectivity index (χ0) is 21.4. The molecule has 3 aromatic rings. The first-order chi connectivity index (χ1) is 15.1. The third-order valence-electron chi connectivity index (χ3n) is 5.75. The predicted molar refractivity (Wildman–Crippen MR) is 109 cm³/mol. The maximum atomic E-state index is 13.0. The summed E-state index contributed by atoms with van der Waals surface area (Å²) in [4.78, 5) is 27.0. The Kier molecular flexibility index (Phi) is 5.11.